The number of carbonyl (C=O) groups excluding carboxylic acids is 2. The Kier molecular flexibility index (Phi) is 2.75. The summed E-state index contributed by atoms with van der Waals surface area (Å²) in [5, 5.41) is 0.388. The number of rotatable bonds is 1. The molecule has 0 saturated carbocycles. The maximum Gasteiger partial charge on any atom is 0.285 e. The first-order chi connectivity index (χ1) is 10.6. The molecule has 112 valence electrons. The largest absolute Gasteiger partial charge is 0.330 e. The molecular formula is C14H12ClN5O2. The molecule has 2 aromatic rings. The SMILES string of the molecule is NNC(=O)c1ncn2c1[C@@H]1CCN1C(=O)c1c(Cl)cccc1-2. The van der Waals surface area contributed by atoms with Crippen molar-refractivity contribution in [3.63, 3.8) is 0 Å². The molecule has 4 rings (SSSR count). The number of hydrogen-bond donors (Lipinski definition) is 2. The highest BCUT2D eigenvalue weighted by Gasteiger charge is 2.43. The van der Waals surface area contributed by atoms with Gasteiger partial charge in [0, 0.05) is 6.54 Å². The third-order valence-corrected chi connectivity index (χ3v) is 4.53. The number of hydrogen-bond acceptors (Lipinski definition) is 4. The third-order valence-electron chi connectivity index (χ3n) is 4.21. The second-order valence-corrected chi connectivity index (χ2v) is 5.67. The lowest BCUT2D eigenvalue weighted by molar-refractivity contribution is 0.0456. The zero-order valence-electron chi connectivity index (χ0n) is 11.4. The maximum absolute atomic E-state index is 12.7. The molecule has 0 aliphatic carbocycles. The van der Waals surface area contributed by atoms with Gasteiger partial charge in [-0.05, 0) is 18.6 Å². The van der Waals surface area contributed by atoms with Crippen LogP contribution in [0.25, 0.3) is 5.69 Å². The summed E-state index contributed by atoms with van der Waals surface area (Å²) < 4.78 is 1.76. The van der Waals surface area contributed by atoms with E-state index in [4.69, 9.17) is 17.4 Å². The second kappa shape index (κ2) is 4.56. The number of nitrogens with one attached hydrogen (secondary N) is 1. The molecule has 1 fully saturated rings. The highest BCUT2D eigenvalue weighted by Crippen LogP contribution is 2.42. The quantitative estimate of drug-likeness (QED) is 0.467. The monoisotopic (exact) mass is 317 g/mol. The molecule has 0 spiro atoms. The molecule has 1 atom stereocenters. The summed E-state index contributed by atoms with van der Waals surface area (Å²) in [5.41, 5.74) is 4.07. The molecule has 2 aliphatic heterocycles. The Hall–Kier alpha value is -2.38. The average molecular weight is 318 g/mol. The van der Waals surface area contributed by atoms with Gasteiger partial charge in [0.15, 0.2) is 5.69 Å². The van der Waals surface area contributed by atoms with E-state index in [1.807, 2.05) is 0 Å². The summed E-state index contributed by atoms with van der Waals surface area (Å²) in [7, 11) is 0. The molecule has 7 nitrogen and oxygen atoms in total. The molecule has 22 heavy (non-hydrogen) atoms. The Morgan fingerprint density at radius 3 is 2.95 bits per heavy atom. The van der Waals surface area contributed by atoms with Gasteiger partial charge >= 0.3 is 0 Å². The fourth-order valence-corrected chi connectivity index (χ4v) is 3.35. The lowest BCUT2D eigenvalue weighted by atomic mass is 9.97. The first kappa shape index (κ1) is 13.3. The van der Waals surface area contributed by atoms with Crippen LogP contribution in [0.15, 0.2) is 24.5 Å². The average Bonchev–Trinajstić information content (AvgIpc) is 2.86. The number of nitrogens with zero attached hydrogens (tertiary/aromatic N) is 3. The molecule has 1 aromatic carbocycles. The summed E-state index contributed by atoms with van der Waals surface area (Å²) >= 11 is 6.23. The number of hydrazine groups is 1. The van der Waals surface area contributed by atoms with Crippen molar-refractivity contribution in [3.05, 3.63) is 46.5 Å². The molecule has 0 radical (unpaired) electrons. The molecule has 8 heteroatoms. The van der Waals surface area contributed by atoms with Crippen molar-refractivity contribution in [3.8, 4) is 5.69 Å². The standard InChI is InChI=1S/C14H12ClN5O2/c15-7-2-1-3-8-10(7)14(22)19-5-4-9(19)12-11(13(21)18-16)17-6-20(8)12/h1-3,6,9H,4-5,16H2,(H,18,21)/t9-/m0/s1. The van der Waals surface area contributed by atoms with Crippen LogP contribution in [0.4, 0.5) is 0 Å². The van der Waals surface area contributed by atoms with E-state index in [9.17, 15) is 9.59 Å². The maximum atomic E-state index is 12.7. The van der Waals surface area contributed by atoms with Crippen molar-refractivity contribution >= 4 is 23.4 Å². The van der Waals surface area contributed by atoms with Crippen LogP contribution in [0.1, 0.15) is 39.0 Å². The topological polar surface area (TPSA) is 93.2 Å². The van der Waals surface area contributed by atoms with E-state index in [1.54, 1.807) is 27.7 Å². The summed E-state index contributed by atoms with van der Waals surface area (Å²) in [6.07, 6.45) is 2.30. The van der Waals surface area contributed by atoms with Gasteiger partial charge in [0.2, 0.25) is 0 Å². The van der Waals surface area contributed by atoms with Gasteiger partial charge in [-0.25, -0.2) is 10.8 Å². The number of aromatic nitrogens is 2. The van der Waals surface area contributed by atoms with Crippen LogP contribution in [0.2, 0.25) is 5.02 Å². The Labute approximate surface area is 130 Å². The molecular weight excluding hydrogens is 306 g/mol. The van der Waals surface area contributed by atoms with Crippen LogP contribution >= 0.6 is 11.6 Å². The van der Waals surface area contributed by atoms with Gasteiger partial charge in [0.05, 0.1) is 28.0 Å². The third kappa shape index (κ3) is 1.57. The van der Waals surface area contributed by atoms with Crippen LogP contribution in [0, 0.1) is 0 Å². The molecule has 3 N–H and O–H groups in total. The van der Waals surface area contributed by atoms with Crippen LogP contribution in [-0.2, 0) is 0 Å². The Morgan fingerprint density at radius 2 is 2.27 bits per heavy atom. The van der Waals surface area contributed by atoms with Crippen molar-refractivity contribution < 1.29 is 9.59 Å². The van der Waals surface area contributed by atoms with Gasteiger partial charge in [0.25, 0.3) is 11.8 Å². The van der Waals surface area contributed by atoms with Crippen LogP contribution in [0.5, 0.6) is 0 Å². The molecule has 2 amide bonds. The summed E-state index contributed by atoms with van der Waals surface area (Å²) in [6.45, 7) is 0.628. The minimum atomic E-state index is -0.474. The molecule has 1 saturated heterocycles. The fraction of sp³-hybridized carbons (Fsp3) is 0.214. The molecule has 3 heterocycles. The molecule has 0 unspecified atom stereocenters. The van der Waals surface area contributed by atoms with E-state index in [2.05, 4.69) is 10.4 Å². The van der Waals surface area contributed by atoms with Gasteiger partial charge in [0.1, 0.15) is 6.33 Å². The lowest BCUT2D eigenvalue weighted by Gasteiger charge is -2.39. The van der Waals surface area contributed by atoms with Crippen molar-refractivity contribution in [2.45, 2.75) is 12.5 Å². The molecule has 0 bridgehead atoms. The Balaban J connectivity index is 2.03. The van der Waals surface area contributed by atoms with Gasteiger partial charge < -0.3 is 4.90 Å². The number of imidazole rings is 1. The van der Waals surface area contributed by atoms with E-state index in [0.29, 0.717) is 28.5 Å². The molecule has 1 aromatic heterocycles. The number of halogens is 1. The Morgan fingerprint density at radius 1 is 1.45 bits per heavy atom. The number of benzene rings is 1. The minimum Gasteiger partial charge on any atom is -0.330 e. The first-order valence-corrected chi connectivity index (χ1v) is 7.19. The van der Waals surface area contributed by atoms with Crippen molar-refractivity contribution in [1.29, 1.82) is 0 Å². The van der Waals surface area contributed by atoms with Crippen molar-refractivity contribution in [2.24, 2.45) is 5.84 Å². The Bertz CT molecular complexity index is 816. The predicted octanol–water partition coefficient (Wildman–Crippen LogP) is 1.03. The number of amides is 2. The van der Waals surface area contributed by atoms with Gasteiger partial charge in [-0.1, -0.05) is 17.7 Å². The van der Waals surface area contributed by atoms with E-state index in [-0.39, 0.29) is 17.6 Å². The van der Waals surface area contributed by atoms with E-state index in [1.165, 1.54) is 6.33 Å². The van der Waals surface area contributed by atoms with Crippen LogP contribution in [-0.4, -0.2) is 32.8 Å². The number of nitrogen functional groups attached to an aromatic ring is 1. The zero-order valence-corrected chi connectivity index (χ0v) is 12.2. The van der Waals surface area contributed by atoms with Crippen LogP contribution in [0.3, 0.4) is 0 Å². The van der Waals surface area contributed by atoms with E-state index >= 15 is 0 Å². The highest BCUT2D eigenvalue weighted by atomic mass is 35.5. The number of nitrogens with two attached hydrogens (primary N) is 1. The predicted molar refractivity (Wildman–Crippen MR) is 78.6 cm³/mol. The van der Waals surface area contributed by atoms with E-state index < -0.39 is 5.91 Å². The summed E-state index contributed by atoms with van der Waals surface area (Å²) in [6, 6.07) is 5.05. The summed E-state index contributed by atoms with van der Waals surface area (Å²) in [5.74, 6) is 4.63. The molecule has 2 aliphatic rings. The van der Waals surface area contributed by atoms with Crippen molar-refractivity contribution in [2.75, 3.05) is 6.54 Å². The number of fused-ring (bicyclic) bond motifs is 5. The van der Waals surface area contributed by atoms with Gasteiger partial charge in [-0.2, -0.15) is 0 Å². The number of carbonyl (C=O) groups is 2. The fourth-order valence-electron chi connectivity index (χ4n) is 3.10. The van der Waals surface area contributed by atoms with E-state index in [0.717, 1.165) is 6.42 Å². The minimum absolute atomic E-state index is 0.125. The van der Waals surface area contributed by atoms with Crippen LogP contribution < -0.4 is 11.3 Å². The smallest absolute Gasteiger partial charge is 0.285 e. The normalized spacial score (nSPS) is 18.7. The second-order valence-electron chi connectivity index (χ2n) is 5.26. The zero-order chi connectivity index (χ0) is 15.4. The highest BCUT2D eigenvalue weighted by molar-refractivity contribution is 6.34. The van der Waals surface area contributed by atoms with Gasteiger partial charge in [-0.3, -0.25) is 19.6 Å². The van der Waals surface area contributed by atoms with Crippen molar-refractivity contribution in [1.82, 2.24) is 19.9 Å². The summed E-state index contributed by atoms with van der Waals surface area (Å²) in [4.78, 5) is 30.6. The lowest BCUT2D eigenvalue weighted by Crippen LogP contribution is -2.45. The first-order valence-electron chi connectivity index (χ1n) is 6.81. The van der Waals surface area contributed by atoms with Gasteiger partial charge in [-0.15, -0.1) is 0 Å².